The number of benzene rings is 1. The molecular formula is C25H37NO7S. The van der Waals surface area contributed by atoms with Crippen LogP contribution in [0.15, 0.2) is 18.2 Å². The molecule has 8 nitrogen and oxygen atoms in total. The third-order valence-corrected chi connectivity index (χ3v) is 8.29. The number of sulfone groups is 1. The molecule has 0 spiro atoms. The molecule has 1 atom stereocenters. The van der Waals surface area contributed by atoms with E-state index in [-0.39, 0.29) is 35.1 Å². The molecule has 1 aromatic carbocycles. The van der Waals surface area contributed by atoms with Gasteiger partial charge in [-0.05, 0) is 49.8 Å². The number of nitrogens with zero attached hydrogens (tertiary/aromatic N) is 1. The number of ether oxygens (including phenoxy) is 3. The molecule has 3 rings (SSSR count). The first kappa shape index (κ1) is 26.3. The van der Waals surface area contributed by atoms with E-state index in [2.05, 4.69) is 13.8 Å². The fourth-order valence-corrected chi connectivity index (χ4v) is 6.37. The van der Waals surface area contributed by atoms with Crippen molar-refractivity contribution in [3.05, 3.63) is 23.8 Å². The number of carbonyl (C=O) groups excluding carboxylic acids is 2. The average molecular weight is 496 g/mol. The number of rotatable bonds is 10. The molecule has 190 valence electrons. The predicted molar refractivity (Wildman–Crippen MR) is 129 cm³/mol. The Balaban J connectivity index is 1.64. The Morgan fingerprint density at radius 3 is 2.41 bits per heavy atom. The summed E-state index contributed by atoms with van der Waals surface area (Å²) < 4.78 is 40.6. The number of methoxy groups -OCH3 is 1. The summed E-state index contributed by atoms with van der Waals surface area (Å²) in [6.07, 6.45) is 6.19. The van der Waals surface area contributed by atoms with E-state index in [0.717, 1.165) is 38.5 Å². The minimum absolute atomic E-state index is 0.000572. The molecule has 1 saturated carbocycles. The van der Waals surface area contributed by atoms with Gasteiger partial charge in [-0.1, -0.05) is 33.1 Å². The molecule has 1 amide bonds. The molecule has 0 aromatic heterocycles. The second kappa shape index (κ2) is 11.9. The zero-order chi connectivity index (χ0) is 24.7. The van der Waals surface area contributed by atoms with Gasteiger partial charge in [0.25, 0.3) is 5.91 Å². The van der Waals surface area contributed by atoms with Gasteiger partial charge in [0.1, 0.15) is 0 Å². The van der Waals surface area contributed by atoms with Crippen LogP contribution >= 0.6 is 0 Å². The lowest BCUT2D eigenvalue weighted by Crippen LogP contribution is -2.50. The summed E-state index contributed by atoms with van der Waals surface area (Å²) in [6, 6.07) is 4.44. The van der Waals surface area contributed by atoms with Gasteiger partial charge in [0, 0.05) is 12.1 Å². The Hall–Kier alpha value is -2.29. The maximum Gasteiger partial charge on any atom is 0.338 e. The average Bonchev–Trinajstić information content (AvgIpc) is 3.17. The van der Waals surface area contributed by atoms with Crippen molar-refractivity contribution in [3.63, 3.8) is 0 Å². The molecule has 34 heavy (non-hydrogen) atoms. The molecule has 1 saturated heterocycles. The molecule has 9 heteroatoms. The highest BCUT2D eigenvalue weighted by atomic mass is 32.2. The third-order valence-electron chi connectivity index (χ3n) is 6.54. The second-order valence-electron chi connectivity index (χ2n) is 9.62. The van der Waals surface area contributed by atoms with E-state index in [1.165, 1.54) is 7.11 Å². The van der Waals surface area contributed by atoms with Crippen molar-refractivity contribution in [1.29, 1.82) is 0 Å². The van der Waals surface area contributed by atoms with Crippen LogP contribution in [-0.2, 0) is 19.4 Å². The zero-order valence-corrected chi connectivity index (χ0v) is 21.3. The molecule has 1 aliphatic carbocycles. The first-order valence-electron chi connectivity index (χ1n) is 12.2. The molecule has 1 heterocycles. The van der Waals surface area contributed by atoms with Crippen LogP contribution in [0.25, 0.3) is 0 Å². The molecule has 2 fully saturated rings. The van der Waals surface area contributed by atoms with Crippen LogP contribution in [0.5, 0.6) is 11.5 Å². The smallest absolute Gasteiger partial charge is 0.338 e. The van der Waals surface area contributed by atoms with Gasteiger partial charge in [0.15, 0.2) is 27.9 Å². The summed E-state index contributed by atoms with van der Waals surface area (Å²) in [7, 11) is -1.64. The largest absolute Gasteiger partial charge is 0.493 e. The SMILES string of the molecule is COc1cc(C(=O)OCC(=O)N(C2CCCCC2)C2CCS(=O)(=O)C2)ccc1OCCC(C)C. The predicted octanol–water partition coefficient (Wildman–Crippen LogP) is 3.63. The Kier molecular flexibility index (Phi) is 9.22. The van der Waals surface area contributed by atoms with E-state index >= 15 is 0 Å². The highest BCUT2D eigenvalue weighted by molar-refractivity contribution is 7.91. The summed E-state index contributed by atoms with van der Waals surface area (Å²) in [5.74, 6) is 0.588. The van der Waals surface area contributed by atoms with Gasteiger partial charge in [0.2, 0.25) is 0 Å². The van der Waals surface area contributed by atoms with Crippen molar-refractivity contribution >= 4 is 21.7 Å². The first-order valence-corrected chi connectivity index (χ1v) is 14.0. The van der Waals surface area contributed by atoms with Gasteiger partial charge in [-0.2, -0.15) is 0 Å². The van der Waals surface area contributed by atoms with Gasteiger partial charge in [-0.15, -0.1) is 0 Å². The van der Waals surface area contributed by atoms with Gasteiger partial charge in [0.05, 0.1) is 30.8 Å². The van der Waals surface area contributed by atoms with Gasteiger partial charge < -0.3 is 19.1 Å². The normalized spacial score (nSPS) is 20.2. The molecule has 1 unspecified atom stereocenters. The summed E-state index contributed by atoms with van der Waals surface area (Å²) in [6.45, 7) is 4.35. The van der Waals surface area contributed by atoms with E-state index in [9.17, 15) is 18.0 Å². The summed E-state index contributed by atoms with van der Waals surface area (Å²) in [4.78, 5) is 27.5. The molecule has 0 N–H and O–H groups in total. The summed E-state index contributed by atoms with van der Waals surface area (Å²) in [5.41, 5.74) is 0.258. The fraction of sp³-hybridized carbons (Fsp3) is 0.680. The molecule has 0 bridgehead atoms. The number of carbonyl (C=O) groups is 2. The van der Waals surface area contributed by atoms with Crippen LogP contribution in [0.1, 0.15) is 69.2 Å². The standard InChI is InChI=1S/C25H37NO7S/c1-18(2)11-13-32-22-10-9-19(15-23(22)31-3)25(28)33-16-24(27)26(20-7-5-4-6-8-20)21-12-14-34(29,30)17-21/h9-10,15,18,20-21H,4-8,11-14,16-17H2,1-3H3. The van der Waals surface area contributed by atoms with E-state index in [0.29, 0.717) is 30.4 Å². The molecule has 0 radical (unpaired) electrons. The molecule has 1 aliphatic heterocycles. The maximum atomic E-state index is 13.1. The van der Waals surface area contributed by atoms with Crippen LogP contribution < -0.4 is 9.47 Å². The van der Waals surface area contributed by atoms with Crippen molar-refractivity contribution in [2.75, 3.05) is 31.8 Å². The lowest BCUT2D eigenvalue weighted by molar-refractivity contribution is -0.140. The van der Waals surface area contributed by atoms with Crippen LogP contribution in [0.2, 0.25) is 0 Å². The number of amides is 1. The Labute approximate surface area is 202 Å². The third kappa shape index (κ3) is 7.10. The van der Waals surface area contributed by atoms with Gasteiger partial charge in [-0.3, -0.25) is 4.79 Å². The van der Waals surface area contributed by atoms with E-state index in [1.807, 2.05) is 0 Å². The number of hydrogen-bond donors (Lipinski definition) is 0. The highest BCUT2D eigenvalue weighted by Crippen LogP contribution is 2.30. The topological polar surface area (TPSA) is 99.2 Å². The van der Waals surface area contributed by atoms with E-state index in [1.54, 1.807) is 23.1 Å². The highest BCUT2D eigenvalue weighted by Gasteiger charge is 2.38. The lowest BCUT2D eigenvalue weighted by Gasteiger charge is -2.38. The van der Waals surface area contributed by atoms with Crippen molar-refractivity contribution in [1.82, 2.24) is 4.90 Å². The van der Waals surface area contributed by atoms with E-state index < -0.39 is 22.4 Å². The van der Waals surface area contributed by atoms with Crippen LogP contribution in [0.3, 0.4) is 0 Å². The first-order chi connectivity index (χ1) is 16.2. The summed E-state index contributed by atoms with van der Waals surface area (Å²) >= 11 is 0. The van der Waals surface area contributed by atoms with Crippen molar-refractivity contribution in [2.24, 2.45) is 5.92 Å². The minimum atomic E-state index is -3.14. The number of hydrogen-bond acceptors (Lipinski definition) is 7. The van der Waals surface area contributed by atoms with Gasteiger partial charge in [-0.25, -0.2) is 13.2 Å². The molecule has 1 aromatic rings. The number of esters is 1. The minimum Gasteiger partial charge on any atom is -0.493 e. The van der Waals surface area contributed by atoms with Crippen molar-refractivity contribution < 1.29 is 32.2 Å². The Morgan fingerprint density at radius 1 is 1.06 bits per heavy atom. The van der Waals surface area contributed by atoms with Crippen molar-refractivity contribution in [3.8, 4) is 11.5 Å². The fourth-order valence-electron chi connectivity index (χ4n) is 4.66. The quantitative estimate of drug-likeness (QED) is 0.457. The summed E-state index contributed by atoms with van der Waals surface area (Å²) in [5, 5.41) is 0. The van der Waals surface area contributed by atoms with Crippen LogP contribution in [0.4, 0.5) is 0 Å². The van der Waals surface area contributed by atoms with Crippen LogP contribution in [-0.4, -0.2) is 69.1 Å². The Bertz CT molecular complexity index is 954. The van der Waals surface area contributed by atoms with Crippen molar-refractivity contribution in [2.45, 2.75) is 70.9 Å². The molecule has 2 aliphatic rings. The van der Waals surface area contributed by atoms with E-state index in [4.69, 9.17) is 14.2 Å². The zero-order valence-electron chi connectivity index (χ0n) is 20.5. The lowest BCUT2D eigenvalue weighted by atomic mass is 9.93. The van der Waals surface area contributed by atoms with Crippen LogP contribution in [0, 0.1) is 5.92 Å². The Morgan fingerprint density at radius 2 is 1.79 bits per heavy atom. The monoisotopic (exact) mass is 495 g/mol. The second-order valence-corrected chi connectivity index (χ2v) is 11.9. The molecular weight excluding hydrogens is 458 g/mol. The van der Waals surface area contributed by atoms with Gasteiger partial charge >= 0.3 is 5.97 Å². The maximum absolute atomic E-state index is 13.1.